The monoisotopic (exact) mass is 212 g/mol. The van der Waals surface area contributed by atoms with E-state index in [1.54, 1.807) is 18.0 Å². The fraction of sp³-hybridized carbons (Fsp3) is 0.636. The second-order valence-electron chi connectivity index (χ2n) is 4.10. The van der Waals surface area contributed by atoms with Crippen LogP contribution in [0.5, 0.6) is 0 Å². The van der Waals surface area contributed by atoms with Gasteiger partial charge in [0.1, 0.15) is 5.76 Å². The van der Waals surface area contributed by atoms with E-state index in [9.17, 15) is 5.11 Å². The number of aliphatic hydroxyl groups is 1. The standard InChI is InChI=1S/C11H16O2S/c1-9-3-6-13-10(9)7-14-8-11(12)4-2-5-11/h3,6,12H,2,4-5,7-8H2,1H3. The van der Waals surface area contributed by atoms with Gasteiger partial charge in [-0.25, -0.2) is 0 Å². The zero-order valence-corrected chi connectivity index (χ0v) is 9.27. The van der Waals surface area contributed by atoms with Gasteiger partial charge in [-0.3, -0.25) is 0 Å². The molecule has 0 radical (unpaired) electrons. The van der Waals surface area contributed by atoms with Gasteiger partial charge in [-0.2, -0.15) is 11.8 Å². The molecule has 1 aromatic heterocycles. The molecule has 1 aromatic rings. The zero-order valence-electron chi connectivity index (χ0n) is 8.45. The summed E-state index contributed by atoms with van der Waals surface area (Å²) in [5.74, 6) is 2.76. The van der Waals surface area contributed by atoms with Gasteiger partial charge in [0.15, 0.2) is 0 Å². The van der Waals surface area contributed by atoms with Gasteiger partial charge in [0.05, 0.1) is 17.6 Å². The summed E-state index contributed by atoms with van der Waals surface area (Å²) in [6.45, 7) is 2.05. The van der Waals surface area contributed by atoms with Crippen molar-refractivity contribution >= 4 is 11.8 Å². The van der Waals surface area contributed by atoms with Crippen LogP contribution < -0.4 is 0 Å². The third kappa shape index (κ3) is 2.15. The van der Waals surface area contributed by atoms with Gasteiger partial charge in [0.2, 0.25) is 0 Å². The van der Waals surface area contributed by atoms with Gasteiger partial charge in [0.25, 0.3) is 0 Å². The maximum absolute atomic E-state index is 9.86. The quantitative estimate of drug-likeness (QED) is 0.833. The van der Waals surface area contributed by atoms with Crippen LogP contribution in [0.4, 0.5) is 0 Å². The molecule has 1 saturated carbocycles. The summed E-state index contributed by atoms with van der Waals surface area (Å²) in [6.07, 6.45) is 4.84. The van der Waals surface area contributed by atoms with Crippen LogP contribution in [-0.4, -0.2) is 16.5 Å². The lowest BCUT2D eigenvalue weighted by molar-refractivity contribution is -0.00990. The van der Waals surface area contributed by atoms with Gasteiger partial charge < -0.3 is 9.52 Å². The van der Waals surface area contributed by atoms with E-state index in [1.807, 2.05) is 6.07 Å². The fourth-order valence-electron chi connectivity index (χ4n) is 1.61. The Kier molecular flexibility index (Phi) is 2.88. The van der Waals surface area contributed by atoms with E-state index in [0.29, 0.717) is 0 Å². The predicted octanol–water partition coefficient (Wildman–Crippen LogP) is 2.74. The molecule has 0 bridgehead atoms. The Labute approximate surface area is 88.7 Å². The van der Waals surface area contributed by atoms with Crippen LogP contribution in [0, 0.1) is 6.92 Å². The molecular formula is C11H16O2S. The van der Waals surface area contributed by atoms with Crippen molar-refractivity contribution in [2.24, 2.45) is 0 Å². The van der Waals surface area contributed by atoms with Crippen LogP contribution in [0.3, 0.4) is 0 Å². The Morgan fingerprint density at radius 3 is 2.86 bits per heavy atom. The van der Waals surface area contributed by atoms with Crippen molar-refractivity contribution < 1.29 is 9.52 Å². The molecule has 1 aliphatic carbocycles. The average molecular weight is 212 g/mol. The molecule has 1 heterocycles. The lowest BCUT2D eigenvalue weighted by atomic mass is 9.82. The molecule has 1 fully saturated rings. The molecule has 14 heavy (non-hydrogen) atoms. The Balaban J connectivity index is 1.75. The van der Waals surface area contributed by atoms with Crippen LogP contribution in [0.2, 0.25) is 0 Å². The molecule has 0 saturated heterocycles. The second kappa shape index (κ2) is 3.99. The lowest BCUT2D eigenvalue weighted by Gasteiger charge is -2.36. The first-order valence-electron chi connectivity index (χ1n) is 5.03. The SMILES string of the molecule is Cc1ccoc1CSCC1(O)CCC1. The highest BCUT2D eigenvalue weighted by Crippen LogP contribution is 2.35. The van der Waals surface area contributed by atoms with Crippen molar-refractivity contribution in [2.45, 2.75) is 37.5 Å². The van der Waals surface area contributed by atoms with Gasteiger partial charge >= 0.3 is 0 Å². The fourth-order valence-corrected chi connectivity index (χ4v) is 2.87. The zero-order chi connectivity index (χ0) is 10.0. The summed E-state index contributed by atoms with van der Waals surface area (Å²) in [4.78, 5) is 0. The first-order valence-corrected chi connectivity index (χ1v) is 6.18. The molecule has 0 amide bonds. The third-order valence-corrected chi connectivity index (χ3v) is 4.06. The summed E-state index contributed by atoms with van der Waals surface area (Å²) in [7, 11) is 0. The third-order valence-electron chi connectivity index (χ3n) is 2.86. The summed E-state index contributed by atoms with van der Waals surface area (Å²) < 4.78 is 5.33. The van der Waals surface area contributed by atoms with Crippen molar-refractivity contribution in [3.05, 3.63) is 23.7 Å². The van der Waals surface area contributed by atoms with Crippen LogP contribution in [0.1, 0.15) is 30.6 Å². The molecule has 0 aromatic carbocycles. The van der Waals surface area contributed by atoms with E-state index < -0.39 is 0 Å². The number of thioether (sulfide) groups is 1. The highest BCUT2D eigenvalue weighted by atomic mass is 32.2. The normalized spacial score (nSPS) is 19.3. The second-order valence-corrected chi connectivity index (χ2v) is 5.08. The summed E-state index contributed by atoms with van der Waals surface area (Å²) in [5.41, 5.74) is 0.837. The van der Waals surface area contributed by atoms with Crippen LogP contribution in [-0.2, 0) is 5.75 Å². The van der Waals surface area contributed by atoms with Gasteiger partial charge in [-0.15, -0.1) is 0 Å². The minimum absolute atomic E-state index is 0.370. The Hall–Kier alpha value is -0.410. The number of rotatable bonds is 4. The molecule has 0 spiro atoms. The molecule has 0 aliphatic heterocycles. The van der Waals surface area contributed by atoms with E-state index in [-0.39, 0.29) is 5.60 Å². The predicted molar refractivity (Wildman–Crippen MR) is 58.4 cm³/mol. The number of aryl methyl sites for hydroxylation is 1. The topological polar surface area (TPSA) is 33.4 Å². The highest BCUT2D eigenvalue weighted by Gasteiger charge is 2.33. The van der Waals surface area contributed by atoms with Crippen LogP contribution in [0.25, 0.3) is 0 Å². The maximum Gasteiger partial charge on any atom is 0.116 e. The molecule has 3 heteroatoms. The summed E-state index contributed by atoms with van der Waals surface area (Å²) >= 11 is 1.76. The molecule has 2 nitrogen and oxygen atoms in total. The highest BCUT2D eigenvalue weighted by molar-refractivity contribution is 7.98. The minimum atomic E-state index is -0.370. The first-order chi connectivity index (χ1) is 6.70. The van der Waals surface area contributed by atoms with Gasteiger partial charge in [-0.1, -0.05) is 0 Å². The molecule has 1 N–H and O–H groups in total. The maximum atomic E-state index is 9.86. The van der Waals surface area contributed by atoms with Crippen LogP contribution >= 0.6 is 11.8 Å². The van der Waals surface area contributed by atoms with Crippen molar-refractivity contribution in [2.75, 3.05) is 5.75 Å². The first kappa shape index (κ1) is 10.1. The van der Waals surface area contributed by atoms with Gasteiger partial charge in [-0.05, 0) is 37.8 Å². The van der Waals surface area contributed by atoms with E-state index in [0.717, 1.165) is 30.1 Å². The molecule has 1 aliphatic rings. The minimum Gasteiger partial charge on any atom is -0.468 e. The molecule has 0 atom stereocenters. The molecule has 2 rings (SSSR count). The number of hydrogen-bond donors (Lipinski definition) is 1. The number of hydrogen-bond acceptors (Lipinski definition) is 3. The van der Waals surface area contributed by atoms with Crippen LogP contribution in [0.15, 0.2) is 16.7 Å². The van der Waals surface area contributed by atoms with E-state index in [2.05, 4.69) is 6.92 Å². The van der Waals surface area contributed by atoms with E-state index in [4.69, 9.17) is 4.42 Å². The lowest BCUT2D eigenvalue weighted by Crippen LogP contribution is -2.39. The Bertz CT molecular complexity index is 302. The smallest absolute Gasteiger partial charge is 0.116 e. The summed E-state index contributed by atoms with van der Waals surface area (Å²) in [6, 6.07) is 1.98. The van der Waals surface area contributed by atoms with Crippen molar-refractivity contribution in [1.82, 2.24) is 0 Å². The molecule has 78 valence electrons. The van der Waals surface area contributed by atoms with Crippen molar-refractivity contribution in [1.29, 1.82) is 0 Å². The largest absolute Gasteiger partial charge is 0.468 e. The molecular weight excluding hydrogens is 196 g/mol. The van der Waals surface area contributed by atoms with Gasteiger partial charge in [0, 0.05) is 5.75 Å². The summed E-state index contributed by atoms with van der Waals surface area (Å²) in [5, 5.41) is 9.86. The average Bonchev–Trinajstić information content (AvgIpc) is 2.49. The Morgan fingerprint density at radius 2 is 2.36 bits per heavy atom. The van der Waals surface area contributed by atoms with Crippen molar-refractivity contribution in [3.8, 4) is 0 Å². The van der Waals surface area contributed by atoms with Crippen molar-refractivity contribution in [3.63, 3.8) is 0 Å². The van der Waals surface area contributed by atoms with E-state index >= 15 is 0 Å². The Morgan fingerprint density at radius 1 is 1.57 bits per heavy atom. The molecule has 0 unspecified atom stereocenters. The number of furan rings is 1. The van der Waals surface area contributed by atoms with E-state index in [1.165, 1.54) is 12.0 Å².